The molecule has 9 heteroatoms. The van der Waals surface area contributed by atoms with Gasteiger partial charge >= 0.3 is 0 Å². The van der Waals surface area contributed by atoms with Gasteiger partial charge in [0, 0.05) is 14.7 Å². The number of para-hydroxylation sites is 1. The van der Waals surface area contributed by atoms with Gasteiger partial charge in [-0.3, -0.25) is 0 Å². The molecule has 0 radical (unpaired) electrons. The zero-order valence-corrected chi connectivity index (χ0v) is 18.2. The fourth-order valence-corrected chi connectivity index (χ4v) is 3.72. The van der Waals surface area contributed by atoms with Crippen LogP contribution in [0.25, 0.3) is 11.0 Å². The highest BCUT2D eigenvalue weighted by molar-refractivity contribution is 9.10. The van der Waals surface area contributed by atoms with E-state index in [1.165, 1.54) is 0 Å². The highest BCUT2D eigenvalue weighted by atomic mass is 79.9. The Morgan fingerprint density at radius 3 is 2.58 bits per heavy atom. The van der Waals surface area contributed by atoms with Crippen LogP contribution in [0.1, 0.15) is 0 Å². The van der Waals surface area contributed by atoms with Crippen molar-refractivity contribution in [3.63, 3.8) is 0 Å². The van der Waals surface area contributed by atoms with Crippen molar-refractivity contribution in [1.82, 2.24) is 19.7 Å². The second-order valence-electron chi connectivity index (χ2n) is 7.05. The first kappa shape index (κ1) is 19.3. The van der Waals surface area contributed by atoms with E-state index in [9.17, 15) is 0 Å². The van der Waals surface area contributed by atoms with Gasteiger partial charge in [-0.1, -0.05) is 37.8 Å². The molecule has 138 valence electrons. The first-order chi connectivity index (χ1) is 12.3. The third kappa shape index (κ3) is 4.82. The van der Waals surface area contributed by atoms with Gasteiger partial charge in [0.1, 0.15) is 22.5 Å². The Morgan fingerprint density at radius 1 is 1.15 bits per heavy atom. The topological polar surface area (TPSA) is 62.1 Å². The van der Waals surface area contributed by atoms with Crippen LogP contribution in [0.5, 0.6) is 11.6 Å². The molecule has 26 heavy (non-hydrogen) atoms. The van der Waals surface area contributed by atoms with Crippen LogP contribution in [0, 0.1) is 0 Å². The zero-order valence-electron chi connectivity index (χ0n) is 14.9. The number of halogens is 2. The minimum atomic E-state index is -1.14. The number of aromatic nitrogens is 4. The van der Waals surface area contributed by atoms with Crippen LogP contribution < -0.4 is 4.74 Å². The van der Waals surface area contributed by atoms with Crippen molar-refractivity contribution in [3.05, 3.63) is 40.2 Å². The Balaban J connectivity index is 1.86. The maximum atomic E-state index is 6.10. The lowest BCUT2D eigenvalue weighted by molar-refractivity contribution is 0.0810. The molecular formula is C17H20BrClN4O2Si. The maximum absolute atomic E-state index is 6.10. The molecule has 1 aromatic carbocycles. The lowest BCUT2D eigenvalue weighted by Gasteiger charge is -2.15. The summed E-state index contributed by atoms with van der Waals surface area (Å²) in [5, 5.41) is 5.20. The molecule has 0 atom stereocenters. The van der Waals surface area contributed by atoms with Crippen LogP contribution in [-0.4, -0.2) is 34.4 Å². The summed E-state index contributed by atoms with van der Waals surface area (Å²) in [5.74, 6) is 1.01. The number of hydrogen-bond donors (Lipinski definition) is 0. The molecule has 6 nitrogen and oxygen atoms in total. The first-order valence-corrected chi connectivity index (χ1v) is 13.1. The SMILES string of the molecule is C[Si](C)(C)CCOCn1nc(Br)c2c(Oc3ccccc3)nc(Cl)nc21. The molecule has 0 bridgehead atoms. The lowest BCUT2D eigenvalue weighted by Crippen LogP contribution is -2.22. The van der Waals surface area contributed by atoms with Crippen molar-refractivity contribution >= 4 is 46.6 Å². The van der Waals surface area contributed by atoms with Gasteiger partial charge < -0.3 is 9.47 Å². The highest BCUT2D eigenvalue weighted by Crippen LogP contribution is 2.33. The van der Waals surface area contributed by atoms with Gasteiger partial charge in [0.25, 0.3) is 0 Å². The molecule has 0 N–H and O–H groups in total. The number of fused-ring (bicyclic) bond motifs is 1. The van der Waals surface area contributed by atoms with Crippen LogP contribution in [0.15, 0.2) is 34.9 Å². The molecular weight excluding hydrogens is 436 g/mol. The van der Waals surface area contributed by atoms with E-state index in [1.807, 2.05) is 30.3 Å². The molecule has 0 aliphatic heterocycles. The number of benzene rings is 1. The number of nitrogens with zero attached hydrogens (tertiary/aromatic N) is 4. The van der Waals surface area contributed by atoms with Gasteiger partial charge in [0.2, 0.25) is 11.2 Å². The largest absolute Gasteiger partial charge is 0.438 e. The first-order valence-electron chi connectivity index (χ1n) is 8.24. The second kappa shape index (κ2) is 8.04. The third-order valence-corrected chi connectivity index (χ3v) is 6.08. The molecule has 2 heterocycles. The number of ether oxygens (including phenoxy) is 2. The second-order valence-corrected chi connectivity index (χ2v) is 13.8. The highest BCUT2D eigenvalue weighted by Gasteiger charge is 2.19. The van der Waals surface area contributed by atoms with Crippen LogP contribution >= 0.6 is 27.5 Å². The van der Waals surface area contributed by atoms with Crippen molar-refractivity contribution in [2.45, 2.75) is 32.4 Å². The van der Waals surface area contributed by atoms with Gasteiger partial charge in [-0.25, -0.2) is 4.68 Å². The van der Waals surface area contributed by atoms with Crippen molar-refractivity contribution in [3.8, 4) is 11.6 Å². The zero-order chi connectivity index (χ0) is 18.7. The smallest absolute Gasteiger partial charge is 0.235 e. The van der Waals surface area contributed by atoms with Gasteiger partial charge in [-0.05, 0) is 45.7 Å². The Hall–Kier alpha value is -1.48. The Morgan fingerprint density at radius 2 is 1.88 bits per heavy atom. The van der Waals surface area contributed by atoms with E-state index in [4.69, 9.17) is 21.1 Å². The van der Waals surface area contributed by atoms with E-state index in [2.05, 4.69) is 50.6 Å². The third-order valence-electron chi connectivity index (χ3n) is 3.66. The van der Waals surface area contributed by atoms with Crippen LogP contribution in [0.2, 0.25) is 31.0 Å². The molecule has 0 aliphatic carbocycles. The number of rotatable bonds is 7. The summed E-state index contributed by atoms with van der Waals surface area (Å²) in [6, 6.07) is 10.5. The summed E-state index contributed by atoms with van der Waals surface area (Å²) in [4.78, 5) is 8.51. The quantitative estimate of drug-likeness (QED) is 0.273. The van der Waals surface area contributed by atoms with E-state index in [0.29, 0.717) is 40.6 Å². The minimum Gasteiger partial charge on any atom is -0.438 e. The van der Waals surface area contributed by atoms with E-state index in [1.54, 1.807) is 4.68 Å². The van der Waals surface area contributed by atoms with Crippen LogP contribution in [0.4, 0.5) is 0 Å². The van der Waals surface area contributed by atoms with Crippen molar-refractivity contribution in [2.24, 2.45) is 0 Å². The average molecular weight is 456 g/mol. The fraction of sp³-hybridized carbons (Fsp3) is 0.353. The van der Waals surface area contributed by atoms with Crippen LogP contribution in [0.3, 0.4) is 0 Å². The summed E-state index contributed by atoms with van der Waals surface area (Å²) in [7, 11) is -1.14. The standard InChI is InChI=1S/C17H20BrClN4O2Si/c1-26(2,3)10-9-24-11-23-15-13(14(18)22-23)16(21-17(19)20-15)25-12-7-5-4-6-8-12/h4-8H,9-11H2,1-3H3. The molecule has 0 unspecified atom stereocenters. The van der Waals surface area contributed by atoms with Gasteiger partial charge in [-0.15, -0.1) is 0 Å². The summed E-state index contributed by atoms with van der Waals surface area (Å²) >= 11 is 9.56. The summed E-state index contributed by atoms with van der Waals surface area (Å²) < 4.78 is 13.9. The van der Waals surface area contributed by atoms with Crippen molar-refractivity contribution < 1.29 is 9.47 Å². The van der Waals surface area contributed by atoms with Gasteiger partial charge in [0.15, 0.2) is 5.65 Å². The molecule has 0 amide bonds. The van der Waals surface area contributed by atoms with Gasteiger partial charge in [-0.2, -0.15) is 15.1 Å². The summed E-state index contributed by atoms with van der Waals surface area (Å²) in [6.45, 7) is 7.94. The monoisotopic (exact) mass is 454 g/mol. The summed E-state index contributed by atoms with van der Waals surface area (Å²) in [5.41, 5.74) is 0.566. The van der Waals surface area contributed by atoms with Crippen molar-refractivity contribution in [2.75, 3.05) is 6.61 Å². The molecule has 0 fully saturated rings. The number of hydrogen-bond acceptors (Lipinski definition) is 5. The van der Waals surface area contributed by atoms with Crippen molar-refractivity contribution in [1.29, 1.82) is 0 Å². The van der Waals surface area contributed by atoms with E-state index >= 15 is 0 Å². The molecule has 2 aromatic heterocycles. The van der Waals surface area contributed by atoms with E-state index < -0.39 is 8.07 Å². The maximum Gasteiger partial charge on any atom is 0.235 e. The molecule has 0 saturated carbocycles. The predicted octanol–water partition coefficient (Wildman–Crippen LogP) is 5.35. The Labute approximate surface area is 166 Å². The Bertz CT molecular complexity index is 899. The molecule has 0 saturated heterocycles. The molecule has 3 aromatic rings. The van der Waals surface area contributed by atoms with E-state index in [0.717, 1.165) is 6.04 Å². The lowest BCUT2D eigenvalue weighted by atomic mass is 10.3. The summed E-state index contributed by atoms with van der Waals surface area (Å²) in [6.07, 6.45) is 0. The molecule has 0 aliphatic rings. The Kier molecular flexibility index (Phi) is 5.96. The minimum absolute atomic E-state index is 0.0965. The predicted molar refractivity (Wildman–Crippen MR) is 109 cm³/mol. The fourth-order valence-electron chi connectivity index (χ4n) is 2.27. The van der Waals surface area contributed by atoms with Crippen LogP contribution in [-0.2, 0) is 11.5 Å². The van der Waals surface area contributed by atoms with E-state index in [-0.39, 0.29) is 5.28 Å². The molecule has 0 spiro atoms. The van der Waals surface area contributed by atoms with Gasteiger partial charge in [0.05, 0.1) is 0 Å². The normalized spacial score (nSPS) is 11.9. The average Bonchev–Trinajstić information content (AvgIpc) is 2.87. The molecule has 3 rings (SSSR count).